The van der Waals surface area contributed by atoms with Crippen molar-refractivity contribution >= 4 is 17.5 Å². The fourth-order valence-electron chi connectivity index (χ4n) is 3.12. The zero-order valence-electron chi connectivity index (χ0n) is 15.1. The first-order chi connectivity index (χ1) is 13.3. The molecule has 0 aromatic heterocycles. The summed E-state index contributed by atoms with van der Waals surface area (Å²) < 4.78 is 44.7. The van der Waals surface area contributed by atoms with Gasteiger partial charge in [0.1, 0.15) is 12.4 Å². The van der Waals surface area contributed by atoms with E-state index >= 15 is 0 Å². The van der Waals surface area contributed by atoms with Crippen LogP contribution < -0.4 is 10.1 Å². The minimum Gasteiger partial charge on any atom is -0.492 e. The summed E-state index contributed by atoms with van der Waals surface area (Å²) in [5, 5.41) is 2.24. The lowest BCUT2D eigenvalue weighted by atomic mass is 9.95. The molecule has 148 valence electrons. The van der Waals surface area contributed by atoms with Gasteiger partial charge in [0.25, 0.3) is 0 Å². The van der Waals surface area contributed by atoms with Crippen molar-refractivity contribution < 1.29 is 27.5 Å². The standard InChI is InChI=1S/C20H19F3N2O3/c1-25(19(27)14-10-13-6-2-5-9-17(13)28-12-14)11-18(26)24-16-8-4-3-7-15(16)20(21,22)23/h2-9,14H,10-12H2,1H3,(H,24,26). The lowest BCUT2D eigenvalue weighted by molar-refractivity contribution is -0.139. The van der Waals surface area contributed by atoms with Crippen LogP contribution in [0.5, 0.6) is 5.75 Å². The van der Waals surface area contributed by atoms with Crippen molar-refractivity contribution in [2.75, 3.05) is 25.5 Å². The highest BCUT2D eigenvalue weighted by molar-refractivity contribution is 5.95. The van der Waals surface area contributed by atoms with Crippen molar-refractivity contribution in [1.82, 2.24) is 4.90 Å². The van der Waals surface area contributed by atoms with Crippen molar-refractivity contribution in [2.45, 2.75) is 12.6 Å². The first kappa shape index (κ1) is 19.7. The van der Waals surface area contributed by atoms with E-state index in [9.17, 15) is 22.8 Å². The van der Waals surface area contributed by atoms with Crippen LogP contribution in [-0.2, 0) is 22.2 Å². The number of ether oxygens (including phenoxy) is 1. The summed E-state index contributed by atoms with van der Waals surface area (Å²) in [6.07, 6.45) is -4.10. The molecule has 8 heteroatoms. The van der Waals surface area contributed by atoms with Crippen molar-refractivity contribution in [2.24, 2.45) is 5.92 Å². The monoisotopic (exact) mass is 392 g/mol. The van der Waals surface area contributed by atoms with Gasteiger partial charge in [0, 0.05) is 7.05 Å². The predicted octanol–water partition coefficient (Wildman–Crippen LogP) is 3.35. The topological polar surface area (TPSA) is 58.6 Å². The van der Waals surface area contributed by atoms with Crippen LogP contribution in [0.15, 0.2) is 48.5 Å². The maximum Gasteiger partial charge on any atom is 0.418 e. The Balaban J connectivity index is 1.61. The maximum absolute atomic E-state index is 13.0. The molecule has 5 nitrogen and oxygen atoms in total. The van der Waals surface area contributed by atoms with E-state index in [2.05, 4.69) is 5.32 Å². The minimum absolute atomic E-state index is 0.193. The molecule has 2 aromatic rings. The molecule has 0 fully saturated rings. The van der Waals surface area contributed by atoms with E-state index < -0.39 is 23.6 Å². The smallest absolute Gasteiger partial charge is 0.418 e. The van der Waals surface area contributed by atoms with Gasteiger partial charge in [-0.3, -0.25) is 9.59 Å². The number of alkyl halides is 3. The number of amides is 2. The number of nitrogens with zero attached hydrogens (tertiary/aromatic N) is 1. The van der Waals surface area contributed by atoms with Gasteiger partial charge in [-0.2, -0.15) is 13.2 Å². The second-order valence-corrected chi connectivity index (χ2v) is 6.61. The number of anilines is 1. The normalized spacial score (nSPS) is 15.9. The van der Waals surface area contributed by atoms with Crippen LogP contribution in [0.4, 0.5) is 18.9 Å². The zero-order chi connectivity index (χ0) is 20.3. The van der Waals surface area contributed by atoms with E-state index in [1.807, 2.05) is 24.3 Å². The van der Waals surface area contributed by atoms with Crippen LogP contribution in [0, 0.1) is 5.92 Å². The number of para-hydroxylation sites is 2. The molecule has 0 saturated carbocycles. The summed E-state index contributed by atoms with van der Waals surface area (Å²) in [7, 11) is 1.44. The van der Waals surface area contributed by atoms with Crippen molar-refractivity contribution in [3.8, 4) is 5.75 Å². The third-order valence-electron chi connectivity index (χ3n) is 4.49. The predicted molar refractivity (Wildman–Crippen MR) is 96.8 cm³/mol. The molecular weight excluding hydrogens is 373 g/mol. The van der Waals surface area contributed by atoms with Gasteiger partial charge >= 0.3 is 6.18 Å². The number of nitrogens with one attached hydrogen (secondary N) is 1. The molecule has 0 bridgehead atoms. The SMILES string of the molecule is CN(CC(=O)Nc1ccccc1C(F)(F)F)C(=O)C1COc2ccccc2C1. The van der Waals surface area contributed by atoms with E-state index in [0.29, 0.717) is 6.42 Å². The van der Waals surface area contributed by atoms with E-state index in [1.165, 1.54) is 30.1 Å². The molecule has 1 N–H and O–H groups in total. The average molecular weight is 392 g/mol. The largest absolute Gasteiger partial charge is 0.492 e. The first-order valence-corrected chi connectivity index (χ1v) is 8.67. The summed E-state index contributed by atoms with van der Waals surface area (Å²) in [6, 6.07) is 12.1. The van der Waals surface area contributed by atoms with Crippen LogP contribution in [0.1, 0.15) is 11.1 Å². The number of likely N-dealkylation sites (N-methyl/N-ethyl adjacent to an activating group) is 1. The van der Waals surface area contributed by atoms with Crippen LogP contribution >= 0.6 is 0 Å². The number of hydrogen-bond acceptors (Lipinski definition) is 3. The molecule has 1 heterocycles. The van der Waals surface area contributed by atoms with Gasteiger partial charge < -0.3 is 15.0 Å². The summed E-state index contributed by atoms with van der Waals surface area (Å²) in [5.41, 5.74) is -0.366. The van der Waals surface area contributed by atoms with Crippen molar-refractivity contribution in [1.29, 1.82) is 0 Å². The molecule has 2 amide bonds. The summed E-state index contributed by atoms with van der Waals surface area (Å²) in [6.45, 7) is -0.165. The van der Waals surface area contributed by atoms with Gasteiger partial charge in [0.15, 0.2) is 0 Å². The second-order valence-electron chi connectivity index (χ2n) is 6.61. The lowest BCUT2D eigenvalue weighted by Crippen LogP contribution is -2.42. The van der Waals surface area contributed by atoms with E-state index in [1.54, 1.807) is 0 Å². The van der Waals surface area contributed by atoms with E-state index in [4.69, 9.17) is 4.74 Å². The summed E-state index contributed by atoms with van der Waals surface area (Å²) >= 11 is 0. The third kappa shape index (κ3) is 4.44. The zero-order valence-corrected chi connectivity index (χ0v) is 15.1. The molecule has 3 rings (SSSR count). The van der Waals surface area contributed by atoms with Crippen LogP contribution in [-0.4, -0.2) is 36.9 Å². The maximum atomic E-state index is 13.0. The number of halogens is 3. The van der Waals surface area contributed by atoms with Crippen LogP contribution in [0.2, 0.25) is 0 Å². The van der Waals surface area contributed by atoms with E-state index in [0.717, 1.165) is 17.4 Å². The second kappa shape index (κ2) is 7.92. The number of benzene rings is 2. The number of fused-ring (bicyclic) bond motifs is 1. The molecule has 1 unspecified atom stereocenters. The Morgan fingerprint density at radius 3 is 2.57 bits per heavy atom. The fourth-order valence-corrected chi connectivity index (χ4v) is 3.12. The van der Waals surface area contributed by atoms with Crippen LogP contribution in [0.25, 0.3) is 0 Å². The Morgan fingerprint density at radius 2 is 1.82 bits per heavy atom. The summed E-state index contributed by atoms with van der Waals surface area (Å²) in [4.78, 5) is 26.0. The number of carbonyl (C=O) groups is 2. The van der Waals surface area contributed by atoms with Gasteiger partial charge in [0.2, 0.25) is 11.8 Å². The van der Waals surface area contributed by atoms with Gasteiger partial charge in [0.05, 0.1) is 23.7 Å². The van der Waals surface area contributed by atoms with Gasteiger partial charge in [-0.05, 0) is 30.2 Å². The highest BCUT2D eigenvalue weighted by Crippen LogP contribution is 2.34. The molecular formula is C20H19F3N2O3. The Morgan fingerprint density at radius 1 is 1.14 bits per heavy atom. The Hall–Kier alpha value is -3.03. The molecule has 28 heavy (non-hydrogen) atoms. The Bertz CT molecular complexity index is 883. The number of carbonyl (C=O) groups excluding carboxylic acids is 2. The third-order valence-corrected chi connectivity index (χ3v) is 4.49. The molecule has 1 aliphatic heterocycles. The number of rotatable bonds is 4. The molecule has 2 aromatic carbocycles. The minimum atomic E-state index is -4.58. The number of hydrogen-bond donors (Lipinski definition) is 1. The van der Waals surface area contributed by atoms with Crippen LogP contribution in [0.3, 0.4) is 0 Å². The molecule has 0 radical (unpaired) electrons. The van der Waals surface area contributed by atoms with E-state index in [-0.39, 0.29) is 24.7 Å². The Labute approximate surface area is 160 Å². The summed E-state index contributed by atoms with van der Waals surface area (Å²) in [5.74, 6) is -0.718. The van der Waals surface area contributed by atoms with Gasteiger partial charge in [-0.25, -0.2) is 0 Å². The molecule has 1 aliphatic rings. The molecule has 0 aliphatic carbocycles. The van der Waals surface area contributed by atoms with Crippen molar-refractivity contribution in [3.05, 3.63) is 59.7 Å². The highest BCUT2D eigenvalue weighted by Gasteiger charge is 2.34. The van der Waals surface area contributed by atoms with Crippen molar-refractivity contribution in [3.63, 3.8) is 0 Å². The molecule has 0 spiro atoms. The van der Waals surface area contributed by atoms with Gasteiger partial charge in [-0.1, -0.05) is 30.3 Å². The highest BCUT2D eigenvalue weighted by atomic mass is 19.4. The fraction of sp³-hybridized carbons (Fsp3) is 0.300. The lowest BCUT2D eigenvalue weighted by Gasteiger charge is -2.28. The quantitative estimate of drug-likeness (QED) is 0.868. The Kier molecular flexibility index (Phi) is 5.58. The average Bonchev–Trinajstić information content (AvgIpc) is 2.66. The molecule has 0 saturated heterocycles. The first-order valence-electron chi connectivity index (χ1n) is 8.67. The van der Waals surface area contributed by atoms with Gasteiger partial charge in [-0.15, -0.1) is 0 Å². The molecule has 1 atom stereocenters.